The molecule has 25 heavy (non-hydrogen) atoms. The Kier molecular flexibility index (Phi) is 5.16. The van der Waals surface area contributed by atoms with E-state index in [4.69, 9.17) is 9.47 Å². The second-order valence-corrected chi connectivity index (χ2v) is 6.06. The van der Waals surface area contributed by atoms with Crippen LogP contribution in [0.2, 0.25) is 0 Å². The highest BCUT2D eigenvalue weighted by Gasteiger charge is 2.30. The van der Waals surface area contributed by atoms with Crippen molar-refractivity contribution in [1.82, 2.24) is 4.90 Å². The topological polar surface area (TPSA) is 68.2 Å². The van der Waals surface area contributed by atoms with Crippen LogP contribution in [-0.4, -0.2) is 35.8 Å². The van der Waals surface area contributed by atoms with Gasteiger partial charge in [-0.2, -0.15) is 4.99 Å². The van der Waals surface area contributed by atoms with Gasteiger partial charge < -0.3 is 14.4 Å². The number of carbonyl (C=O) groups excluding carboxylic acids is 2. The average molecular weight is 342 g/mol. The van der Waals surface area contributed by atoms with Gasteiger partial charge in [0.05, 0.1) is 6.61 Å². The number of hydrogen-bond donors (Lipinski definition) is 0. The molecule has 132 valence electrons. The van der Waals surface area contributed by atoms with Crippen molar-refractivity contribution < 1.29 is 19.1 Å². The fraction of sp³-hybridized carbons (Fsp3) is 0.421. The van der Waals surface area contributed by atoms with Gasteiger partial charge in [0, 0.05) is 19.9 Å². The van der Waals surface area contributed by atoms with Crippen LogP contribution in [0.5, 0.6) is 11.5 Å². The van der Waals surface area contributed by atoms with Crippen LogP contribution in [0.4, 0.5) is 0 Å². The molecule has 1 saturated heterocycles. The maximum Gasteiger partial charge on any atom is 0.308 e. The Morgan fingerprint density at radius 1 is 1.28 bits per heavy atom. The molecule has 0 aromatic heterocycles. The lowest BCUT2D eigenvalue weighted by atomic mass is 10.1. The Balaban J connectivity index is 1.91. The predicted molar refractivity (Wildman–Crippen MR) is 94.5 cm³/mol. The highest BCUT2D eigenvalue weighted by molar-refractivity contribution is 6.13. The Bertz CT molecular complexity index is 752. The van der Waals surface area contributed by atoms with E-state index in [0.29, 0.717) is 23.8 Å². The van der Waals surface area contributed by atoms with Crippen molar-refractivity contribution in [2.24, 2.45) is 4.99 Å². The third-order valence-electron chi connectivity index (χ3n) is 4.16. The normalized spacial score (nSPS) is 18.6. The second-order valence-electron chi connectivity index (χ2n) is 6.06. The number of rotatable bonds is 4. The van der Waals surface area contributed by atoms with Crippen molar-refractivity contribution >= 4 is 23.8 Å². The summed E-state index contributed by atoms with van der Waals surface area (Å²) >= 11 is 0. The van der Waals surface area contributed by atoms with E-state index in [0.717, 1.165) is 43.6 Å². The molecule has 0 unspecified atom stereocenters. The number of aliphatic imine (C=N–C) groups is 1. The van der Waals surface area contributed by atoms with E-state index in [2.05, 4.69) is 4.99 Å². The van der Waals surface area contributed by atoms with Crippen molar-refractivity contribution in [3.05, 3.63) is 29.5 Å². The van der Waals surface area contributed by atoms with Crippen LogP contribution in [0, 0.1) is 0 Å². The van der Waals surface area contributed by atoms with Crippen LogP contribution in [0.15, 0.2) is 28.9 Å². The summed E-state index contributed by atoms with van der Waals surface area (Å²) < 4.78 is 10.7. The summed E-state index contributed by atoms with van der Waals surface area (Å²) in [6.45, 7) is 4.48. The molecule has 0 bridgehead atoms. The Morgan fingerprint density at radius 2 is 2.12 bits per heavy atom. The van der Waals surface area contributed by atoms with Gasteiger partial charge in [-0.25, -0.2) is 0 Å². The van der Waals surface area contributed by atoms with Crippen LogP contribution in [0.25, 0.3) is 6.08 Å². The minimum absolute atomic E-state index is 0.195. The summed E-state index contributed by atoms with van der Waals surface area (Å²) in [6.07, 6.45) is 5.95. The molecule has 0 aliphatic carbocycles. The minimum Gasteiger partial charge on any atom is -0.490 e. The summed E-state index contributed by atoms with van der Waals surface area (Å²) in [5, 5.41) is 0. The predicted octanol–water partition coefficient (Wildman–Crippen LogP) is 3.17. The molecule has 1 amide bonds. The van der Waals surface area contributed by atoms with E-state index in [-0.39, 0.29) is 5.91 Å². The lowest BCUT2D eigenvalue weighted by Crippen LogP contribution is -2.26. The second kappa shape index (κ2) is 7.51. The summed E-state index contributed by atoms with van der Waals surface area (Å²) in [4.78, 5) is 29.7. The standard InChI is InChI=1S/C19H22N2O4/c1-3-24-17-12-14(8-9-16(17)25-13(2)22)11-15-19(23)20-18-7-5-4-6-10-21(15)18/h8-9,11-12H,3-7,10H2,1-2H3/b15-11+. The molecule has 1 fully saturated rings. The largest absolute Gasteiger partial charge is 0.490 e. The van der Waals surface area contributed by atoms with E-state index >= 15 is 0 Å². The van der Waals surface area contributed by atoms with Crippen molar-refractivity contribution in [2.75, 3.05) is 13.2 Å². The van der Waals surface area contributed by atoms with Crippen LogP contribution in [0.3, 0.4) is 0 Å². The summed E-state index contributed by atoms with van der Waals surface area (Å²) in [6, 6.07) is 5.26. The molecule has 2 aliphatic rings. The molecule has 6 heteroatoms. The first-order valence-corrected chi connectivity index (χ1v) is 8.65. The van der Waals surface area contributed by atoms with Gasteiger partial charge in [-0.3, -0.25) is 9.59 Å². The molecule has 0 N–H and O–H groups in total. The zero-order valence-corrected chi connectivity index (χ0v) is 14.6. The molecular weight excluding hydrogens is 320 g/mol. The maximum atomic E-state index is 12.3. The quantitative estimate of drug-likeness (QED) is 0.478. The summed E-state index contributed by atoms with van der Waals surface area (Å²) in [7, 11) is 0. The molecule has 6 nitrogen and oxygen atoms in total. The van der Waals surface area contributed by atoms with Crippen LogP contribution in [0.1, 0.15) is 45.1 Å². The maximum absolute atomic E-state index is 12.3. The number of fused-ring (bicyclic) bond motifs is 1. The number of nitrogens with zero attached hydrogens (tertiary/aromatic N) is 2. The van der Waals surface area contributed by atoms with Gasteiger partial charge in [0.15, 0.2) is 11.5 Å². The third-order valence-corrected chi connectivity index (χ3v) is 4.16. The van der Waals surface area contributed by atoms with Crippen LogP contribution >= 0.6 is 0 Å². The first-order valence-electron chi connectivity index (χ1n) is 8.65. The highest BCUT2D eigenvalue weighted by atomic mass is 16.6. The lowest BCUT2D eigenvalue weighted by molar-refractivity contribution is -0.132. The number of benzene rings is 1. The molecular formula is C19H22N2O4. The van der Waals surface area contributed by atoms with E-state index in [1.165, 1.54) is 6.92 Å². The van der Waals surface area contributed by atoms with Crippen molar-refractivity contribution in [2.45, 2.75) is 39.5 Å². The molecule has 0 radical (unpaired) electrons. The van der Waals surface area contributed by atoms with Gasteiger partial charge in [0.25, 0.3) is 5.91 Å². The van der Waals surface area contributed by atoms with Crippen molar-refractivity contribution in [3.63, 3.8) is 0 Å². The van der Waals surface area contributed by atoms with Crippen LogP contribution in [-0.2, 0) is 9.59 Å². The van der Waals surface area contributed by atoms with Crippen molar-refractivity contribution in [1.29, 1.82) is 0 Å². The van der Waals surface area contributed by atoms with Crippen molar-refractivity contribution in [3.8, 4) is 11.5 Å². The molecule has 0 atom stereocenters. The molecule has 2 heterocycles. The molecule has 0 spiro atoms. The third kappa shape index (κ3) is 3.90. The van der Waals surface area contributed by atoms with Gasteiger partial charge in [-0.15, -0.1) is 0 Å². The van der Waals surface area contributed by atoms with Gasteiger partial charge >= 0.3 is 5.97 Å². The summed E-state index contributed by atoms with van der Waals surface area (Å²) in [5.74, 6) is 1.13. The first kappa shape index (κ1) is 17.2. The number of esters is 1. The number of ether oxygens (including phenoxy) is 2. The Labute approximate surface area is 147 Å². The van der Waals surface area contributed by atoms with Gasteiger partial charge in [-0.1, -0.05) is 12.5 Å². The molecule has 2 aliphatic heterocycles. The fourth-order valence-corrected chi connectivity index (χ4v) is 3.08. The number of amides is 1. The van der Waals surface area contributed by atoms with Gasteiger partial charge in [0.2, 0.25) is 0 Å². The van der Waals surface area contributed by atoms with E-state index < -0.39 is 5.97 Å². The SMILES string of the molecule is CCOc1cc(/C=C2\C(=O)N=C3CCCCCN32)ccc1OC(C)=O. The Morgan fingerprint density at radius 3 is 2.88 bits per heavy atom. The lowest BCUT2D eigenvalue weighted by Gasteiger charge is -2.18. The van der Waals surface area contributed by atoms with E-state index in [1.807, 2.05) is 17.9 Å². The molecule has 0 saturated carbocycles. The molecule has 1 aromatic carbocycles. The highest BCUT2D eigenvalue weighted by Crippen LogP contribution is 2.31. The average Bonchev–Trinajstić information content (AvgIpc) is 2.73. The Hall–Kier alpha value is -2.63. The van der Waals surface area contributed by atoms with Gasteiger partial charge in [0.1, 0.15) is 11.5 Å². The van der Waals surface area contributed by atoms with Crippen LogP contribution < -0.4 is 9.47 Å². The van der Waals surface area contributed by atoms with E-state index in [1.54, 1.807) is 18.2 Å². The molecule has 3 rings (SSSR count). The fourth-order valence-electron chi connectivity index (χ4n) is 3.08. The van der Waals surface area contributed by atoms with Gasteiger partial charge in [-0.05, 0) is 43.5 Å². The monoisotopic (exact) mass is 342 g/mol. The zero-order valence-electron chi connectivity index (χ0n) is 14.6. The number of carbonyl (C=O) groups is 2. The number of amidine groups is 1. The van der Waals surface area contributed by atoms with E-state index in [9.17, 15) is 9.59 Å². The number of hydrogen-bond acceptors (Lipinski definition) is 5. The minimum atomic E-state index is -0.402. The smallest absolute Gasteiger partial charge is 0.308 e. The zero-order chi connectivity index (χ0) is 17.8. The summed E-state index contributed by atoms with van der Waals surface area (Å²) in [5.41, 5.74) is 1.41. The first-order chi connectivity index (χ1) is 12.1. The molecule has 1 aromatic rings.